The van der Waals surface area contributed by atoms with E-state index < -0.39 is 11.8 Å². The SMILES string of the molecule is Cc1ccc(-c2nc(CCN(C)C(=O)Nc3ccccc3F)no2)cc1. The van der Waals surface area contributed by atoms with Crippen LogP contribution >= 0.6 is 0 Å². The standard InChI is InChI=1S/C19H19FN4O2/c1-13-7-9-14(10-8-13)18-22-17(23-26-18)11-12-24(2)19(25)21-16-6-4-3-5-15(16)20/h3-10H,11-12H2,1-2H3,(H,21,25). The van der Waals surface area contributed by atoms with Gasteiger partial charge in [0.05, 0.1) is 5.69 Å². The molecule has 0 aliphatic carbocycles. The molecule has 0 aliphatic rings. The van der Waals surface area contributed by atoms with E-state index in [1.807, 2.05) is 31.2 Å². The Morgan fingerprint density at radius 1 is 1.19 bits per heavy atom. The molecule has 7 heteroatoms. The summed E-state index contributed by atoms with van der Waals surface area (Å²) in [6, 6.07) is 13.4. The van der Waals surface area contributed by atoms with E-state index in [0.717, 1.165) is 11.1 Å². The van der Waals surface area contributed by atoms with Crippen molar-refractivity contribution in [2.24, 2.45) is 0 Å². The minimum Gasteiger partial charge on any atom is -0.334 e. The highest BCUT2D eigenvalue weighted by atomic mass is 19.1. The van der Waals surface area contributed by atoms with Crippen LogP contribution < -0.4 is 5.32 Å². The van der Waals surface area contributed by atoms with Crippen molar-refractivity contribution in [2.75, 3.05) is 18.9 Å². The first kappa shape index (κ1) is 17.6. The number of carbonyl (C=O) groups is 1. The largest absolute Gasteiger partial charge is 0.334 e. The predicted octanol–water partition coefficient (Wildman–Crippen LogP) is 3.89. The smallest absolute Gasteiger partial charge is 0.321 e. The molecule has 1 heterocycles. The van der Waals surface area contributed by atoms with Crippen LogP contribution in [0.5, 0.6) is 0 Å². The van der Waals surface area contributed by atoms with E-state index in [2.05, 4.69) is 15.5 Å². The van der Waals surface area contributed by atoms with Gasteiger partial charge in [0, 0.05) is 25.6 Å². The molecule has 2 amide bonds. The van der Waals surface area contributed by atoms with E-state index in [1.165, 1.54) is 17.0 Å². The first-order valence-corrected chi connectivity index (χ1v) is 8.19. The van der Waals surface area contributed by atoms with Crippen molar-refractivity contribution in [2.45, 2.75) is 13.3 Å². The number of para-hydroxylation sites is 1. The molecule has 0 saturated heterocycles. The van der Waals surface area contributed by atoms with Gasteiger partial charge in [-0.15, -0.1) is 0 Å². The number of halogens is 1. The Labute approximate surface area is 150 Å². The van der Waals surface area contributed by atoms with E-state index in [1.54, 1.807) is 19.2 Å². The van der Waals surface area contributed by atoms with Gasteiger partial charge < -0.3 is 14.7 Å². The van der Waals surface area contributed by atoms with Gasteiger partial charge in [0.2, 0.25) is 0 Å². The molecule has 1 N–H and O–H groups in total. The number of amides is 2. The molecule has 26 heavy (non-hydrogen) atoms. The fourth-order valence-electron chi connectivity index (χ4n) is 2.31. The Kier molecular flexibility index (Phi) is 5.26. The second kappa shape index (κ2) is 7.77. The molecular formula is C19H19FN4O2. The molecule has 1 aromatic heterocycles. The summed E-state index contributed by atoms with van der Waals surface area (Å²) in [5, 5.41) is 6.47. The zero-order valence-electron chi connectivity index (χ0n) is 14.6. The summed E-state index contributed by atoms with van der Waals surface area (Å²) in [6.45, 7) is 2.37. The van der Waals surface area contributed by atoms with Gasteiger partial charge in [-0.05, 0) is 31.2 Å². The molecule has 0 radical (unpaired) electrons. The molecule has 0 bridgehead atoms. The van der Waals surface area contributed by atoms with E-state index in [0.29, 0.717) is 24.7 Å². The maximum absolute atomic E-state index is 13.6. The van der Waals surface area contributed by atoms with Crippen molar-refractivity contribution in [1.29, 1.82) is 0 Å². The van der Waals surface area contributed by atoms with Crippen LogP contribution in [0, 0.1) is 12.7 Å². The molecule has 6 nitrogen and oxygen atoms in total. The lowest BCUT2D eigenvalue weighted by atomic mass is 10.1. The molecule has 0 atom stereocenters. The Morgan fingerprint density at radius 2 is 1.92 bits per heavy atom. The topological polar surface area (TPSA) is 71.3 Å². The monoisotopic (exact) mass is 354 g/mol. The van der Waals surface area contributed by atoms with Crippen LogP contribution in [0.1, 0.15) is 11.4 Å². The van der Waals surface area contributed by atoms with Crippen LogP contribution in [0.4, 0.5) is 14.9 Å². The Bertz CT molecular complexity index is 893. The van der Waals surface area contributed by atoms with Crippen LogP contribution in [0.2, 0.25) is 0 Å². The Hall–Kier alpha value is -3.22. The van der Waals surface area contributed by atoms with E-state index >= 15 is 0 Å². The van der Waals surface area contributed by atoms with Gasteiger partial charge in [-0.1, -0.05) is 35.0 Å². The van der Waals surface area contributed by atoms with Crippen molar-refractivity contribution in [3.05, 3.63) is 65.7 Å². The second-order valence-corrected chi connectivity index (χ2v) is 5.96. The van der Waals surface area contributed by atoms with Crippen molar-refractivity contribution in [1.82, 2.24) is 15.0 Å². The normalized spacial score (nSPS) is 10.6. The Morgan fingerprint density at radius 3 is 2.65 bits per heavy atom. The fourth-order valence-corrected chi connectivity index (χ4v) is 2.31. The highest BCUT2D eigenvalue weighted by Gasteiger charge is 2.13. The first-order valence-electron chi connectivity index (χ1n) is 8.19. The Balaban J connectivity index is 1.56. The number of nitrogens with one attached hydrogen (secondary N) is 1. The van der Waals surface area contributed by atoms with Crippen molar-refractivity contribution in [3.63, 3.8) is 0 Å². The van der Waals surface area contributed by atoms with Crippen molar-refractivity contribution in [3.8, 4) is 11.5 Å². The average molecular weight is 354 g/mol. The van der Waals surface area contributed by atoms with Crippen molar-refractivity contribution < 1.29 is 13.7 Å². The van der Waals surface area contributed by atoms with Crippen LogP contribution in [0.3, 0.4) is 0 Å². The van der Waals surface area contributed by atoms with Crippen LogP contribution in [-0.4, -0.2) is 34.7 Å². The van der Waals surface area contributed by atoms with Crippen LogP contribution in [0.15, 0.2) is 53.1 Å². The number of anilines is 1. The first-order chi connectivity index (χ1) is 12.5. The number of aromatic nitrogens is 2. The number of urea groups is 1. The third-order valence-corrected chi connectivity index (χ3v) is 3.90. The van der Waals surface area contributed by atoms with E-state index in [4.69, 9.17) is 4.52 Å². The second-order valence-electron chi connectivity index (χ2n) is 5.96. The maximum Gasteiger partial charge on any atom is 0.321 e. The molecule has 3 aromatic rings. The summed E-state index contributed by atoms with van der Waals surface area (Å²) in [7, 11) is 1.62. The highest BCUT2D eigenvalue weighted by molar-refractivity contribution is 5.89. The quantitative estimate of drug-likeness (QED) is 0.754. The van der Waals surface area contributed by atoms with E-state index in [-0.39, 0.29) is 5.69 Å². The maximum atomic E-state index is 13.6. The molecule has 0 spiro atoms. The molecule has 0 unspecified atom stereocenters. The minimum atomic E-state index is -0.477. The van der Waals surface area contributed by atoms with Gasteiger partial charge in [-0.2, -0.15) is 4.98 Å². The third-order valence-electron chi connectivity index (χ3n) is 3.90. The summed E-state index contributed by atoms with van der Waals surface area (Å²) in [5.41, 5.74) is 2.14. The van der Waals surface area contributed by atoms with Gasteiger partial charge >= 0.3 is 6.03 Å². The fraction of sp³-hybridized carbons (Fsp3) is 0.211. The number of benzene rings is 2. The summed E-state index contributed by atoms with van der Waals surface area (Å²) in [4.78, 5) is 17.9. The number of carbonyl (C=O) groups excluding carboxylic acids is 1. The van der Waals surface area contributed by atoms with Crippen LogP contribution in [-0.2, 0) is 6.42 Å². The number of hydrogen-bond acceptors (Lipinski definition) is 4. The molecular weight excluding hydrogens is 335 g/mol. The summed E-state index contributed by atoms with van der Waals surface area (Å²) < 4.78 is 18.9. The van der Waals surface area contributed by atoms with E-state index in [9.17, 15) is 9.18 Å². The lowest BCUT2D eigenvalue weighted by Gasteiger charge is -2.17. The molecule has 3 rings (SSSR count). The summed E-state index contributed by atoms with van der Waals surface area (Å²) in [5.74, 6) is 0.472. The molecule has 0 saturated carbocycles. The van der Waals surface area contributed by atoms with Gasteiger partial charge in [-0.3, -0.25) is 0 Å². The average Bonchev–Trinajstić information content (AvgIpc) is 3.11. The zero-order chi connectivity index (χ0) is 18.5. The van der Waals surface area contributed by atoms with Gasteiger partial charge in [0.15, 0.2) is 5.82 Å². The number of aryl methyl sites for hydroxylation is 1. The molecule has 0 fully saturated rings. The molecule has 0 aliphatic heterocycles. The predicted molar refractivity (Wildman–Crippen MR) is 96.2 cm³/mol. The summed E-state index contributed by atoms with van der Waals surface area (Å²) in [6.07, 6.45) is 0.427. The minimum absolute atomic E-state index is 0.144. The van der Waals surface area contributed by atoms with Gasteiger partial charge in [0.1, 0.15) is 5.82 Å². The number of hydrogen-bond donors (Lipinski definition) is 1. The zero-order valence-corrected chi connectivity index (χ0v) is 14.6. The number of nitrogens with zero attached hydrogens (tertiary/aromatic N) is 3. The molecule has 134 valence electrons. The third kappa shape index (κ3) is 4.24. The van der Waals surface area contributed by atoms with Gasteiger partial charge in [0.25, 0.3) is 5.89 Å². The lowest BCUT2D eigenvalue weighted by Crippen LogP contribution is -2.33. The highest BCUT2D eigenvalue weighted by Crippen LogP contribution is 2.18. The van der Waals surface area contributed by atoms with Gasteiger partial charge in [-0.25, -0.2) is 9.18 Å². The number of rotatable bonds is 5. The van der Waals surface area contributed by atoms with Crippen molar-refractivity contribution >= 4 is 11.7 Å². The number of likely N-dealkylation sites (N-methyl/N-ethyl adjacent to an activating group) is 1. The summed E-state index contributed by atoms with van der Waals surface area (Å²) >= 11 is 0. The van der Waals surface area contributed by atoms with Crippen LogP contribution in [0.25, 0.3) is 11.5 Å². The lowest BCUT2D eigenvalue weighted by molar-refractivity contribution is 0.222. The molecule has 2 aromatic carbocycles.